The quantitative estimate of drug-likeness (QED) is 0.779. The summed E-state index contributed by atoms with van der Waals surface area (Å²) in [6.45, 7) is 3.67. The fourth-order valence-corrected chi connectivity index (χ4v) is 3.49. The average molecular weight is 344 g/mol. The van der Waals surface area contributed by atoms with Gasteiger partial charge in [0.1, 0.15) is 6.29 Å². The Balaban J connectivity index is 2.09. The van der Waals surface area contributed by atoms with Crippen molar-refractivity contribution < 1.29 is 4.79 Å². The molecule has 1 atom stereocenters. The molecule has 0 aromatic heterocycles. The van der Waals surface area contributed by atoms with Gasteiger partial charge in [-0.15, -0.1) is 0 Å². The minimum Gasteiger partial charge on any atom is -0.364 e. The van der Waals surface area contributed by atoms with Crippen LogP contribution in [0.2, 0.25) is 0 Å². The van der Waals surface area contributed by atoms with Crippen molar-refractivity contribution in [2.45, 2.75) is 18.8 Å². The number of aldehydes is 1. The Hall–Kier alpha value is -1.61. The summed E-state index contributed by atoms with van der Waals surface area (Å²) >= 11 is 3.50. The molecule has 0 fully saturated rings. The maximum Gasteiger partial charge on any atom is 0.139 e. The summed E-state index contributed by atoms with van der Waals surface area (Å²) in [7, 11) is 0. The molecule has 1 aliphatic rings. The van der Waals surface area contributed by atoms with Crippen LogP contribution in [0, 0.1) is 0 Å². The number of hydrogen-bond donors (Lipinski definition) is 0. The van der Waals surface area contributed by atoms with E-state index in [1.54, 1.807) is 0 Å². The van der Waals surface area contributed by atoms with Crippen LogP contribution in [0.3, 0.4) is 0 Å². The fraction of sp³-hybridized carbons (Fsp3) is 0.278. The van der Waals surface area contributed by atoms with E-state index in [2.05, 4.69) is 70.2 Å². The molecule has 2 aromatic carbocycles. The molecule has 1 heterocycles. The molecule has 2 aromatic rings. The second kappa shape index (κ2) is 5.64. The van der Waals surface area contributed by atoms with Crippen molar-refractivity contribution in [3.05, 3.63) is 64.1 Å². The van der Waals surface area contributed by atoms with Gasteiger partial charge in [0.05, 0.1) is 6.54 Å². The Kier molecular flexibility index (Phi) is 3.85. The molecule has 1 aliphatic heterocycles. The number of fused-ring (bicyclic) bond motifs is 1. The molecule has 1 unspecified atom stereocenters. The first-order valence-electron chi connectivity index (χ1n) is 7.19. The molecule has 3 heteroatoms. The number of benzene rings is 2. The highest BCUT2D eigenvalue weighted by Crippen LogP contribution is 2.44. The fourth-order valence-electron chi connectivity index (χ4n) is 3.23. The number of halogens is 1. The van der Waals surface area contributed by atoms with Crippen molar-refractivity contribution in [3.63, 3.8) is 0 Å². The van der Waals surface area contributed by atoms with Crippen molar-refractivity contribution >= 4 is 27.9 Å². The molecule has 0 bridgehead atoms. The SMILES string of the molecule is CC1(c2ccc(Br)cc2)CCN(CC=O)c2ccccc21. The third kappa shape index (κ3) is 2.51. The zero-order valence-corrected chi connectivity index (χ0v) is 13.6. The van der Waals surface area contributed by atoms with Gasteiger partial charge in [-0.25, -0.2) is 0 Å². The maximum atomic E-state index is 10.9. The maximum absolute atomic E-state index is 10.9. The van der Waals surface area contributed by atoms with Crippen LogP contribution in [-0.2, 0) is 10.2 Å². The highest BCUT2D eigenvalue weighted by Gasteiger charge is 2.36. The molecular formula is C18H18BrNO. The van der Waals surface area contributed by atoms with Crippen LogP contribution in [0.5, 0.6) is 0 Å². The van der Waals surface area contributed by atoms with Crippen LogP contribution in [0.15, 0.2) is 53.0 Å². The van der Waals surface area contributed by atoms with Crippen LogP contribution in [0.25, 0.3) is 0 Å². The number of nitrogens with zero attached hydrogens (tertiary/aromatic N) is 1. The highest BCUT2D eigenvalue weighted by atomic mass is 79.9. The molecule has 0 N–H and O–H groups in total. The smallest absolute Gasteiger partial charge is 0.139 e. The van der Waals surface area contributed by atoms with Crippen molar-refractivity contribution in [3.8, 4) is 0 Å². The second-order valence-corrected chi connectivity index (χ2v) is 6.63. The van der Waals surface area contributed by atoms with Crippen molar-refractivity contribution in [2.24, 2.45) is 0 Å². The first kappa shape index (κ1) is 14.3. The average Bonchev–Trinajstić information content (AvgIpc) is 2.51. The third-order valence-corrected chi connectivity index (χ3v) is 5.03. The summed E-state index contributed by atoms with van der Waals surface area (Å²) in [6, 6.07) is 17.0. The summed E-state index contributed by atoms with van der Waals surface area (Å²) in [6.07, 6.45) is 2.00. The van der Waals surface area contributed by atoms with E-state index in [0.717, 1.165) is 23.7 Å². The molecule has 0 aliphatic carbocycles. The first-order chi connectivity index (χ1) is 10.1. The molecule has 0 radical (unpaired) electrons. The molecule has 0 amide bonds. The monoisotopic (exact) mass is 343 g/mol. The third-order valence-electron chi connectivity index (χ3n) is 4.50. The van der Waals surface area contributed by atoms with E-state index in [4.69, 9.17) is 0 Å². The molecule has 0 saturated heterocycles. The number of anilines is 1. The summed E-state index contributed by atoms with van der Waals surface area (Å²) in [4.78, 5) is 13.1. The molecule has 21 heavy (non-hydrogen) atoms. The van der Waals surface area contributed by atoms with Crippen LogP contribution in [0.1, 0.15) is 24.5 Å². The molecule has 0 spiro atoms. The van der Waals surface area contributed by atoms with E-state index in [9.17, 15) is 4.79 Å². The number of hydrogen-bond acceptors (Lipinski definition) is 2. The lowest BCUT2D eigenvalue weighted by Gasteiger charge is -2.42. The molecular weight excluding hydrogens is 326 g/mol. The van der Waals surface area contributed by atoms with Gasteiger partial charge >= 0.3 is 0 Å². The molecule has 108 valence electrons. The topological polar surface area (TPSA) is 20.3 Å². The largest absolute Gasteiger partial charge is 0.364 e. The Morgan fingerprint density at radius 2 is 1.90 bits per heavy atom. The van der Waals surface area contributed by atoms with Gasteiger partial charge in [-0.2, -0.15) is 0 Å². The summed E-state index contributed by atoms with van der Waals surface area (Å²) < 4.78 is 1.10. The summed E-state index contributed by atoms with van der Waals surface area (Å²) in [5.41, 5.74) is 3.81. The van der Waals surface area contributed by atoms with Gasteiger partial charge in [-0.05, 0) is 35.7 Å². The Morgan fingerprint density at radius 1 is 1.19 bits per heavy atom. The van der Waals surface area contributed by atoms with Gasteiger partial charge < -0.3 is 9.69 Å². The number of carbonyl (C=O) groups is 1. The Labute approximate surface area is 133 Å². The minimum absolute atomic E-state index is 0.00330. The van der Waals surface area contributed by atoms with E-state index >= 15 is 0 Å². The van der Waals surface area contributed by atoms with E-state index in [-0.39, 0.29) is 5.41 Å². The predicted molar refractivity (Wildman–Crippen MR) is 89.9 cm³/mol. The van der Waals surface area contributed by atoms with E-state index < -0.39 is 0 Å². The lowest BCUT2D eigenvalue weighted by atomic mass is 9.71. The van der Waals surface area contributed by atoms with Crippen LogP contribution < -0.4 is 4.90 Å². The molecule has 0 saturated carbocycles. The predicted octanol–water partition coefficient (Wildman–Crippen LogP) is 4.16. The minimum atomic E-state index is -0.00330. The Bertz CT molecular complexity index is 653. The van der Waals surface area contributed by atoms with Crippen molar-refractivity contribution in [2.75, 3.05) is 18.0 Å². The van der Waals surface area contributed by atoms with Gasteiger partial charge in [0.2, 0.25) is 0 Å². The van der Waals surface area contributed by atoms with E-state index in [0.29, 0.717) is 6.54 Å². The normalized spacial score (nSPS) is 21.0. The summed E-state index contributed by atoms with van der Waals surface area (Å²) in [5, 5.41) is 0. The lowest BCUT2D eigenvalue weighted by molar-refractivity contribution is -0.106. The van der Waals surface area contributed by atoms with Gasteiger partial charge in [0.25, 0.3) is 0 Å². The van der Waals surface area contributed by atoms with Crippen molar-refractivity contribution in [1.82, 2.24) is 0 Å². The zero-order chi connectivity index (χ0) is 14.9. The van der Waals surface area contributed by atoms with Gasteiger partial charge in [0, 0.05) is 22.1 Å². The second-order valence-electron chi connectivity index (χ2n) is 5.72. The van der Waals surface area contributed by atoms with Gasteiger partial charge in [-0.3, -0.25) is 0 Å². The highest BCUT2D eigenvalue weighted by molar-refractivity contribution is 9.10. The summed E-state index contributed by atoms with van der Waals surface area (Å²) in [5.74, 6) is 0. The van der Waals surface area contributed by atoms with E-state index in [1.165, 1.54) is 16.8 Å². The van der Waals surface area contributed by atoms with Crippen molar-refractivity contribution in [1.29, 1.82) is 0 Å². The van der Waals surface area contributed by atoms with Gasteiger partial charge in [0.15, 0.2) is 0 Å². The molecule has 2 nitrogen and oxygen atoms in total. The molecule has 3 rings (SSSR count). The van der Waals surface area contributed by atoms with Crippen LogP contribution >= 0.6 is 15.9 Å². The standard InChI is InChI=1S/C18H18BrNO/c1-18(14-6-8-15(19)9-7-14)10-11-20(12-13-21)17-5-3-2-4-16(17)18/h2-9,13H,10-12H2,1H3. The van der Waals surface area contributed by atoms with Crippen LogP contribution in [0.4, 0.5) is 5.69 Å². The Morgan fingerprint density at radius 3 is 2.62 bits per heavy atom. The van der Waals surface area contributed by atoms with E-state index in [1.807, 2.05) is 6.07 Å². The first-order valence-corrected chi connectivity index (χ1v) is 7.98. The van der Waals surface area contributed by atoms with Crippen LogP contribution in [-0.4, -0.2) is 19.4 Å². The number of carbonyl (C=O) groups excluding carboxylic acids is 1. The zero-order valence-electron chi connectivity index (χ0n) is 12.1. The number of para-hydroxylation sites is 1. The number of rotatable bonds is 3. The van der Waals surface area contributed by atoms with Gasteiger partial charge in [-0.1, -0.05) is 53.2 Å². The lowest BCUT2D eigenvalue weighted by Crippen LogP contribution is -2.40.